The number of hydrogen-bond acceptors (Lipinski definition) is 7. The number of sulfonamides is 1. The molecule has 2 rings (SSSR count). The molecule has 0 atom stereocenters. The Balaban J connectivity index is 2.59. The summed E-state index contributed by atoms with van der Waals surface area (Å²) in [5.74, 6) is -2.48. The van der Waals surface area contributed by atoms with Gasteiger partial charge >= 0.3 is 11.9 Å². The molecule has 0 aliphatic carbocycles. The number of aromatic carboxylic acids is 2. The van der Waals surface area contributed by atoms with Gasteiger partial charge in [0.2, 0.25) is 0 Å². The third-order valence-electron chi connectivity index (χ3n) is 4.48. The van der Waals surface area contributed by atoms with Crippen molar-refractivity contribution in [2.45, 2.75) is 18.7 Å². The van der Waals surface area contributed by atoms with Gasteiger partial charge in [0, 0.05) is 19.2 Å². The first kappa shape index (κ1) is 24.0. The lowest BCUT2D eigenvalue weighted by atomic mass is 10.1. The molecule has 0 radical (unpaired) electrons. The van der Waals surface area contributed by atoms with Crippen molar-refractivity contribution in [2.24, 2.45) is 0 Å². The van der Waals surface area contributed by atoms with Crippen LogP contribution in [-0.4, -0.2) is 58.0 Å². The fourth-order valence-electron chi connectivity index (χ4n) is 2.76. The van der Waals surface area contributed by atoms with Crippen molar-refractivity contribution in [3.63, 3.8) is 0 Å². The summed E-state index contributed by atoms with van der Waals surface area (Å²) in [6, 6.07) is 4.70. The topological polar surface area (TPSA) is 148 Å². The Morgan fingerprint density at radius 1 is 0.968 bits per heavy atom. The predicted molar refractivity (Wildman–Crippen MR) is 111 cm³/mol. The number of aryl methyl sites for hydroxylation is 1. The van der Waals surface area contributed by atoms with E-state index >= 15 is 0 Å². The van der Waals surface area contributed by atoms with Crippen molar-refractivity contribution in [1.82, 2.24) is 0 Å². The first-order valence-corrected chi connectivity index (χ1v) is 10.4. The highest BCUT2D eigenvalue weighted by atomic mass is 32.2. The van der Waals surface area contributed by atoms with Crippen molar-refractivity contribution >= 4 is 27.6 Å². The highest BCUT2D eigenvalue weighted by molar-refractivity contribution is 7.92. The van der Waals surface area contributed by atoms with Gasteiger partial charge in [0.1, 0.15) is 6.61 Å². The van der Waals surface area contributed by atoms with Gasteiger partial charge in [0.25, 0.3) is 10.0 Å². The molecular formula is C20H23NO9S. The molecule has 0 unspecified atom stereocenters. The summed E-state index contributed by atoms with van der Waals surface area (Å²) >= 11 is 0. The van der Waals surface area contributed by atoms with Crippen LogP contribution in [0, 0.1) is 13.8 Å². The van der Waals surface area contributed by atoms with Crippen molar-refractivity contribution in [3.05, 3.63) is 46.5 Å². The number of ether oxygens (including phenoxy) is 3. The Bertz CT molecular complexity index is 1110. The largest absolute Gasteiger partial charge is 0.493 e. The summed E-state index contributed by atoms with van der Waals surface area (Å²) in [7, 11) is -1.55. The third kappa shape index (κ3) is 5.44. The molecule has 0 saturated carbocycles. The second-order valence-electron chi connectivity index (χ2n) is 6.52. The molecule has 2 aromatic rings. The Hall–Kier alpha value is -3.31. The lowest BCUT2D eigenvalue weighted by Crippen LogP contribution is -2.18. The number of hydrogen-bond donors (Lipinski definition) is 3. The van der Waals surface area contributed by atoms with Crippen molar-refractivity contribution in [1.29, 1.82) is 0 Å². The van der Waals surface area contributed by atoms with Gasteiger partial charge in [0.15, 0.2) is 11.5 Å². The van der Waals surface area contributed by atoms with Crippen molar-refractivity contribution in [3.8, 4) is 11.5 Å². The number of carboxylic acid groups (broad SMARTS) is 2. The summed E-state index contributed by atoms with van der Waals surface area (Å²) in [6.07, 6.45) is 0. The van der Waals surface area contributed by atoms with Gasteiger partial charge in [-0.3, -0.25) is 4.72 Å². The summed E-state index contributed by atoms with van der Waals surface area (Å²) in [6.45, 7) is 3.47. The van der Waals surface area contributed by atoms with E-state index in [-0.39, 0.29) is 46.4 Å². The van der Waals surface area contributed by atoms with Crippen LogP contribution >= 0.6 is 0 Å². The number of methoxy groups -OCH3 is 2. The Kier molecular flexibility index (Phi) is 7.47. The molecular weight excluding hydrogens is 430 g/mol. The zero-order chi connectivity index (χ0) is 23.3. The minimum atomic E-state index is -4.34. The fourth-order valence-corrected chi connectivity index (χ4v) is 4.17. The number of nitrogens with one attached hydrogen (secondary N) is 1. The molecule has 31 heavy (non-hydrogen) atoms. The maximum Gasteiger partial charge on any atom is 0.337 e. The van der Waals surface area contributed by atoms with E-state index < -0.39 is 22.0 Å². The maximum absolute atomic E-state index is 13.1. The van der Waals surface area contributed by atoms with E-state index in [0.717, 1.165) is 12.1 Å². The molecule has 168 valence electrons. The van der Waals surface area contributed by atoms with Crippen LogP contribution in [0.25, 0.3) is 0 Å². The van der Waals surface area contributed by atoms with Gasteiger partial charge in [-0.2, -0.15) is 0 Å². The van der Waals surface area contributed by atoms with Crippen LogP contribution in [0.2, 0.25) is 0 Å². The minimum absolute atomic E-state index is 0.0938. The summed E-state index contributed by atoms with van der Waals surface area (Å²) in [5, 5.41) is 18.8. The monoisotopic (exact) mass is 453 g/mol. The second kappa shape index (κ2) is 9.67. The van der Waals surface area contributed by atoms with Gasteiger partial charge in [-0.25, -0.2) is 18.0 Å². The number of carbonyl (C=O) groups is 2. The first-order chi connectivity index (χ1) is 14.5. The molecule has 2 aromatic carbocycles. The van der Waals surface area contributed by atoms with Gasteiger partial charge in [-0.15, -0.1) is 0 Å². The Morgan fingerprint density at radius 3 is 2.19 bits per heavy atom. The smallest absolute Gasteiger partial charge is 0.337 e. The van der Waals surface area contributed by atoms with E-state index in [9.17, 15) is 28.2 Å². The van der Waals surface area contributed by atoms with Crippen LogP contribution in [0.4, 0.5) is 5.69 Å². The van der Waals surface area contributed by atoms with E-state index in [1.165, 1.54) is 33.3 Å². The molecule has 0 aliphatic heterocycles. The molecule has 0 amide bonds. The third-order valence-corrected chi connectivity index (χ3v) is 5.97. The van der Waals surface area contributed by atoms with E-state index in [1.54, 1.807) is 6.92 Å². The zero-order valence-electron chi connectivity index (χ0n) is 17.4. The van der Waals surface area contributed by atoms with Crippen molar-refractivity contribution in [2.75, 3.05) is 32.2 Å². The molecule has 0 aromatic heterocycles. The van der Waals surface area contributed by atoms with Gasteiger partial charge in [-0.1, -0.05) is 0 Å². The first-order valence-electron chi connectivity index (χ1n) is 8.96. The second-order valence-corrected chi connectivity index (χ2v) is 8.17. The molecule has 0 heterocycles. The Labute approximate surface area is 179 Å². The molecule has 11 heteroatoms. The maximum atomic E-state index is 13.1. The number of carboxylic acids is 2. The lowest BCUT2D eigenvalue weighted by molar-refractivity contribution is 0.0686. The standard InChI is InChI=1S/C20H23NO9S/c1-11-7-13(19(22)23)8-18(12(11)2)31(26,27)21-15-10-17(30-6-5-28-3)16(29-4)9-14(15)20(24)25/h7-10,21H,5-6H2,1-4H3,(H,22,23)(H,24,25). The van der Waals surface area contributed by atoms with Crippen LogP contribution in [0.15, 0.2) is 29.2 Å². The average Bonchev–Trinajstić information content (AvgIpc) is 2.69. The minimum Gasteiger partial charge on any atom is -0.493 e. The van der Waals surface area contributed by atoms with Gasteiger partial charge < -0.3 is 24.4 Å². The lowest BCUT2D eigenvalue weighted by Gasteiger charge is -2.17. The molecule has 0 saturated heterocycles. The predicted octanol–water partition coefficient (Wildman–Crippen LogP) is 2.53. The molecule has 0 aliphatic rings. The SMILES string of the molecule is COCCOc1cc(NS(=O)(=O)c2cc(C(=O)O)cc(C)c2C)c(C(=O)O)cc1OC. The number of rotatable bonds is 10. The van der Waals surface area contributed by atoms with Crippen LogP contribution in [0.5, 0.6) is 11.5 Å². The average molecular weight is 453 g/mol. The highest BCUT2D eigenvalue weighted by Gasteiger charge is 2.25. The molecule has 0 bridgehead atoms. The van der Waals surface area contributed by atoms with Crippen LogP contribution in [-0.2, 0) is 14.8 Å². The van der Waals surface area contributed by atoms with Crippen LogP contribution < -0.4 is 14.2 Å². The molecule has 10 nitrogen and oxygen atoms in total. The zero-order valence-corrected chi connectivity index (χ0v) is 18.2. The quantitative estimate of drug-likeness (QED) is 0.461. The van der Waals surface area contributed by atoms with E-state index in [4.69, 9.17) is 14.2 Å². The highest BCUT2D eigenvalue weighted by Crippen LogP contribution is 2.35. The van der Waals surface area contributed by atoms with Crippen LogP contribution in [0.3, 0.4) is 0 Å². The summed E-state index contributed by atoms with van der Waals surface area (Å²) in [4.78, 5) is 22.8. The van der Waals surface area contributed by atoms with E-state index in [2.05, 4.69) is 4.72 Å². The van der Waals surface area contributed by atoms with E-state index in [0.29, 0.717) is 11.1 Å². The molecule has 0 fully saturated rings. The summed E-state index contributed by atoms with van der Waals surface area (Å²) in [5.41, 5.74) is -0.0569. The van der Waals surface area contributed by atoms with Gasteiger partial charge in [0.05, 0.1) is 35.4 Å². The molecule has 3 N–H and O–H groups in total. The van der Waals surface area contributed by atoms with Crippen molar-refractivity contribution < 1.29 is 42.4 Å². The normalized spacial score (nSPS) is 11.1. The molecule has 0 spiro atoms. The summed E-state index contributed by atoms with van der Waals surface area (Å²) < 4.78 is 43.9. The fraction of sp³-hybridized carbons (Fsp3) is 0.300. The van der Waals surface area contributed by atoms with E-state index in [1.807, 2.05) is 0 Å². The number of benzene rings is 2. The van der Waals surface area contributed by atoms with Gasteiger partial charge in [-0.05, 0) is 37.1 Å². The Morgan fingerprint density at radius 2 is 1.65 bits per heavy atom. The van der Waals surface area contributed by atoms with Crippen LogP contribution in [0.1, 0.15) is 31.8 Å². The number of anilines is 1.